The number of imide groups is 1. The zero-order valence-electron chi connectivity index (χ0n) is 18.3. The lowest BCUT2D eigenvalue weighted by Gasteiger charge is -2.37. The first-order valence-electron chi connectivity index (χ1n) is 10.7. The highest BCUT2D eigenvalue weighted by Gasteiger charge is 2.43. The van der Waals surface area contributed by atoms with E-state index in [0.717, 1.165) is 5.56 Å². The number of halogens is 1. The second-order valence-electron chi connectivity index (χ2n) is 8.58. The van der Waals surface area contributed by atoms with E-state index in [1.807, 2.05) is 30.9 Å². The van der Waals surface area contributed by atoms with Crippen LogP contribution in [0.2, 0.25) is 0 Å². The monoisotopic (exact) mass is 422 g/mol. The maximum Gasteiger partial charge on any atom is 0.282 e. The Morgan fingerprint density at radius 1 is 0.903 bits per heavy atom. The normalized spacial score (nSPS) is 22.1. The second kappa shape index (κ2) is 8.27. The standard InChI is InChI=1S/C25H27FN2O3/c1-15(2)18-7-11-21(12-8-18)28-24(29)22(19-5-9-20(26)10-6-19)23(25(28)30)27-13-16(3)31-17(4)14-27/h5-12,15-17H,13-14H2,1-4H3. The Hall–Kier alpha value is -2.99. The summed E-state index contributed by atoms with van der Waals surface area (Å²) in [4.78, 5) is 30.3. The minimum atomic E-state index is -0.393. The number of carbonyl (C=O) groups is 2. The number of amides is 2. The van der Waals surface area contributed by atoms with Gasteiger partial charge in [0.25, 0.3) is 11.8 Å². The van der Waals surface area contributed by atoms with Gasteiger partial charge >= 0.3 is 0 Å². The third-order valence-electron chi connectivity index (χ3n) is 5.75. The average molecular weight is 423 g/mol. The predicted molar refractivity (Wildman–Crippen MR) is 118 cm³/mol. The predicted octanol–water partition coefficient (Wildman–Crippen LogP) is 4.34. The van der Waals surface area contributed by atoms with Crippen molar-refractivity contribution in [1.29, 1.82) is 0 Å². The molecule has 2 aromatic rings. The topological polar surface area (TPSA) is 49.9 Å². The van der Waals surface area contributed by atoms with Crippen molar-refractivity contribution >= 4 is 23.1 Å². The van der Waals surface area contributed by atoms with Crippen LogP contribution in [0.15, 0.2) is 54.2 Å². The molecule has 2 heterocycles. The Morgan fingerprint density at radius 3 is 2.03 bits per heavy atom. The highest BCUT2D eigenvalue weighted by atomic mass is 19.1. The van der Waals surface area contributed by atoms with Crippen molar-refractivity contribution in [2.45, 2.75) is 45.8 Å². The van der Waals surface area contributed by atoms with Gasteiger partial charge in [-0.3, -0.25) is 9.59 Å². The van der Waals surface area contributed by atoms with Crippen LogP contribution in [0.3, 0.4) is 0 Å². The van der Waals surface area contributed by atoms with Crippen LogP contribution in [0.25, 0.3) is 5.57 Å². The molecule has 2 unspecified atom stereocenters. The van der Waals surface area contributed by atoms with Crippen LogP contribution in [0, 0.1) is 5.82 Å². The van der Waals surface area contributed by atoms with E-state index in [0.29, 0.717) is 41.5 Å². The molecule has 1 fully saturated rings. The Morgan fingerprint density at radius 2 is 1.48 bits per heavy atom. The van der Waals surface area contributed by atoms with Crippen LogP contribution in [0.5, 0.6) is 0 Å². The van der Waals surface area contributed by atoms with Gasteiger partial charge in [-0.1, -0.05) is 38.1 Å². The van der Waals surface area contributed by atoms with Crippen molar-refractivity contribution in [3.05, 3.63) is 71.2 Å². The lowest BCUT2D eigenvalue weighted by Crippen LogP contribution is -2.47. The Balaban J connectivity index is 1.79. The third-order valence-corrected chi connectivity index (χ3v) is 5.75. The summed E-state index contributed by atoms with van der Waals surface area (Å²) in [6, 6.07) is 13.2. The largest absolute Gasteiger partial charge is 0.372 e. The van der Waals surface area contributed by atoms with Gasteiger partial charge < -0.3 is 9.64 Å². The van der Waals surface area contributed by atoms with Crippen molar-refractivity contribution in [1.82, 2.24) is 4.90 Å². The summed E-state index contributed by atoms with van der Waals surface area (Å²) in [6.07, 6.45) is -0.152. The molecular formula is C25H27FN2O3. The zero-order chi connectivity index (χ0) is 22.3. The zero-order valence-corrected chi connectivity index (χ0v) is 18.3. The van der Waals surface area contributed by atoms with Crippen LogP contribution in [0.1, 0.15) is 44.7 Å². The number of ether oxygens (including phenoxy) is 1. The molecule has 0 radical (unpaired) electrons. The summed E-state index contributed by atoms with van der Waals surface area (Å²) < 4.78 is 19.4. The number of carbonyl (C=O) groups excluding carboxylic acids is 2. The molecule has 162 valence electrons. The minimum Gasteiger partial charge on any atom is -0.372 e. The Labute approximate surface area is 182 Å². The first kappa shape index (κ1) is 21.2. The summed E-state index contributed by atoms with van der Waals surface area (Å²) >= 11 is 0. The molecule has 2 aliphatic rings. The van der Waals surface area contributed by atoms with Gasteiger partial charge in [0.1, 0.15) is 11.5 Å². The number of benzene rings is 2. The van der Waals surface area contributed by atoms with Crippen LogP contribution >= 0.6 is 0 Å². The first-order valence-corrected chi connectivity index (χ1v) is 10.7. The molecule has 0 spiro atoms. The number of hydrogen-bond donors (Lipinski definition) is 0. The van der Waals surface area contributed by atoms with Crippen molar-refractivity contribution in [3.63, 3.8) is 0 Å². The Kier molecular flexibility index (Phi) is 5.67. The van der Waals surface area contributed by atoms with Gasteiger partial charge in [-0.15, -0.1) is 0 Å². The molecule has 2 aliphatic heterocycles. The number of nitrogens with zero attached hydrogens (tertiary/aromatic N) is 2. The van der Waals surface area contributed by atoms with Crippen molar-refractivity contribution in [2.75, 3.05) is 18.0 Å². The average Bonchev–Trinajstić information content (AvgIpc) is 2.98. The molecule has 2 amide bonds. The maximum absolute atomic E-state index is 13.6. The smallest absolute Gasteiger partial charge is 0.282 e. The lowest BCUT2D eigenvalue weighted by molar-refractivity contribution is -0.121. The molecule has 31 heavy (non-hydrogen) atoms. The third kappa shape index (κ3) is 4.00. The van der Waals surface area contributed by atoms with E-state index in [9.17, 15) is 14.0 Å². The summed E-state index contributed by atoms with van der Waals surface area (Å²) in [5.74, 6) is -0.796. The molecule has 2 atom stereocenters. The van der Waals surface area contributed by atoms with E-state index in [-0.39, 0.29) is 18.1 Å². The van der Waals surface area contributed by atoms with Crippen molar-refractivity contribution < 1.29 is 18.7 Å². The molecule has 0 N–H and O–H groups in total. The van der Waals surface area contributed by atoms with Gasteiger partial charge in [-0.25, -0.2) is 9.29 Å². The van der Waals surface area contributed by atoms with Gasteiger partial charge in [-0.2, -0.15) is 0 Å². The molecule has 1 saturated heterocycles. The highest BCUT2D eigenvalue weighted by molar-refractivity contribution is 6.45. The molecule has 5 nitrogen and oxygen atoms in total. The Bertz CT molecular complexity index is 1020. The SMILES string of the molecule is CC1CN(C2=C(c3ccc(F)cc3)C(=O)N(c3ccc(C(C)C)cc3)C2=O)CC(C)O1. The number of hydrogen-bond acceptors (Lipinski definition) is 4. The number of anilines is 1. The fourth-order valence-corrected chi connectivity index (χ4v) is 4.29. The van der Waals surface area contributed by atoms with Crippen molar-refractivity contribution in [2.24, 2.45) is 0 Å². The second-order valence-corrected chi connectivity index (χ2v) is 8.58. The quantitative estimate of drug-likeness (QED) is 0.688. The molecule has 4 rings (SSSR count). The summed E-state index contributed by atoms with van der Waals surface area (Å²) in [6.45, 7) is 9.09. The summed E-state index contributed by atoms with van der Waals surface area (Å²) in [7, 11) is 0. The summed E-state index contributed by atoms with van der Waals surface area (Å²) in [5, 5.41) is 0. The molecule has 0 saturated carbocycles. The highest BCUT2D eigenvalue weighted by Crippen LogP contribution is 2.36. The van der Waals surface area contributed by atoms with Gasteiger partial charge in [-0.05, 0) is 55.2 Å². The van der Waals surface area contributed by atoms with Gasteiger partial charge in [0, 0.05) is 13.1 Å². The van der Waals surface area contributed by atoms with Gasteiger partial charge in [0.05, 0.1) is 23.5 Å². The van der Waals surface area contributed by atoms with Gasteiger partial charge in [0.2, 0.25) is 0 Å². The molecule has 2 aromatic carbocycles. The van der Waals surface area contributed by atoms with E-state index >= 15 is 0 Å². The summed E-state index contributed by atoms with van der Waals surface area (Å²) in [5.41, 5.74) is 2.85. The minimum absolute atomic E-state index is 0.0759. The van der Waals surface area contributed by atoms with Crippen LogP contribution in [-0.2, 0) is 14.3 Å². The first-order chi connectivity index (χ1) is 14.8. The van der Waals surface area contributed by atoms with Gasteiger partial charge in [0.15, 0.2) is 0 Å². The molecule has 0 aliphatic carbocycles. The van der Waals surface area contributed by atoms with E-state index in [1.165, 1.54) is 17.0 Å². The molecular weight excluding hydrogens is 395 g/mol. The van der Waals surface area contributed by atoms with E-state index < -0.39 is 11.7 Å². The van der Waals surface area contributed by atoms with Crippen LogP contribution < -0.4 is 4.90 Å². The lowest BCUT2D eigenvalue weighted by atomic mass is 10.0. The molecule has 6 heteroatoms. The van der Waals surface area contributed by atoms with Crippen LogP contribution in [-0.4, -0.2) is 42.0 Å². The van der Waals surface area contributed by atoms with Crippen molar-refractivity contribution in [3.8, 4) is 0 Å². The maximum atomic E-state index is 13.6. The molecule has 0 bridgehead atoms. The van der Waals surface area contributed by atoms with E-state index in [1.54, 1.807) is 24.3 Å². The fraction of sp³-hybridized carbons (Fsp3) is 0.360. The van der Waals surface area contributed by atoms with E-state index in [2.05, 4.69) is 13.8 Å². The number of morpholine rings is 1. The number of rotatable bonds is 4. The van der Waals surface area contributed by atoms with Crippen LogP contribution in [0.4, 0.5) is 10.1 Å². The fourth-order valence-electron chi connectivity index (χ4n) is 4.29. The molecule has 0 aromatic heterocycles. The van der Waals surface area contributed by atoms with E-state index in [4.69, 9.17) is 4.74 Å².